The topological polar surface area (TPSA) is 63.6 Å². The van der Waals surface area contributed by atoms with Crippen LogP contribution in [0.3, 0.4) is 0 Å². The van der Waals surface area contributed by atoms with E-state index in [-0.39, 0.29) is 6.10 Å². The van der Waals surface area contributed by atoms with Gasteiger partial charge in [-0.15, -0.1) is 0 Å². The Morgan fingerprint density at radius 1 is 1.09 bits per heavy atom. The molecule has 0 bridgehead atoms. The third-order valence-corrected chi connectivity index (χ3v) is 5.55. The Hall–Kier alpha value is -3.03. The molecule has 4 rings (SSSR count). The van der Waals surface area contributed by atoms with Gasteiger partial charge in [0.2, 0.25) is 5.95 Å². The number of pyridine rings is 1. The van der Waals surface area contributed by atoms with Crippen LogP contribution in [0.4, 0.5) is 5.95 Å². The lowest BCUT2D eigenvalue weighted by molar-refractivity contribution is -0.0351. The molecule has 7 heteroatoms. The predicted octanol–water partition coefficient (Wildman–Crippen LogP) is 3.42. The third kappa shape index (κ3) is 5.60. The molecule has 3 aromatic rings. The van der Waals surface area contributed by atoms with Crippen molar-refractivity contribution < 1.29 is 9.47 Å². The van der Waals surface area contributed by atoms with Crippen LogP contribution in [0.15, 0.2) is 48.8 Å². The zero-order chi connectivity index (χ0) is 22.5. The molecule has 1 atom stereocenters. The van der Waals surface area contributed by atoms with E-state index in [0.717, 1.165) is 54.7 Å². The van der Waals surface area contributed by atoms with Crippen molar-refractivity contribution >= 4 is 5.95 Å². The Bertz CT molecular complexity index is 1040. The highest BCUT2D eigenvalue weighted by Crippen LogP contribution is 2.25. The average molecular weight is 434 g/mol. The number of nitrogens with zero attached hydrogens (tertiary/aromatic N) is 5. The van der Waals surface area contributed by atoms with Crippen molar-refractivity contribution in [2.24, 2.45) is 0 Å². The van der Waals surface area contributed by atoms with Gasteiger partial charge in [0.1, 0.15) is 11.9 Å². The summed E-state index contributed by atoms with van der Waals surface area (Å²) in [5.74, 6) is 1.60. The lowest BCUT2D eigenvalue weighted by atomic mass is 10.0. The summed E-state index contributed by atoms with van der Waals surface area (Å²) in [5, 5.41) is 0. The van der Waals surface area contributed by atoms with Crippen molar-refractivity contribution in [1.29, 1.82) is 0 Å². The zero-order valence-corrected chi connectivity index (χ0v) is 19.3. The molecule has 168 valence electrons. The second kappa shape index (κ2) is 10.1. The number of ether oxygens (including phenoxy) is 2. The number of anilines is 1. The quantitative estimate of drug-likeness (QED) is 0.566. The van der Waals surface area contributed by atoms with Crippen molar-refractivity contribution in [1.82, 2.24) is 19.9 Å². The van der Waals surface area contributed by atoms with E-state index >= 15 is 0 Å². The predicted molar refractivity (Wildman–Crippen MR) is 125 cm³/mol. The molecule has 2 aromatic heterocycles. The van der Waals surface area contributed by atoms with Crippen LogP contribution in [-0.4, -0.2) is 60.8 Å². The molecule has 0 spiro atoms. The monoisotopic (exact) mass is 433 g/mol. The summed E-state index contributed by atoms with van der Waals surface area (Å²) in [5.41, 5.74) is 5.55. The summed E-state index contributed by atoms with van der Waals surface area (Å²) in [6, 6.07) is 12.5. The largest absolute Gasteiger partial charge is 0.497 e. The summed E-state index contributed by atoms with van der Waals surface area (Å²) in [6.45, 7) is 5.21. The van der Waals surface area contributed by atoms with E-state index in [1.807, 2.05) is 50.4 Å². The molecule has 1 fully saturated rings. The van der Waals surface area contributed by atoms with E-state index < -0.39 is 0 Å². The standard InChI is InChI=1S/C25H31N5O2/c1-18-10-20(11-19-6-5-7-22(12-19)31-4)13-23(28-18)24-17-30(8-9-32-24)16-21-14-26-25(27-15-21)29(2)3/h5-7,10,12-15,24H,8-9,11,16-17H2,1-4H3/t24-/m1/s1. The SMILES string of the molecule is COc1cccc(Cc2cc(C)nc([C@H]3CN(Cc4cnc(N(C)C)nc4)CCO3)c2)c1. The second-order valence-corrected chi connectivity index (χ2v) is 8.45. The van der Waals surface area contributed by atoms with Crippen molar-refractivity contribution in [3.8, 4) is 5.75 Å². The molecule has 1 aliphatic heterocycles. The van der Waals surface area contributed by atoms with Gasteiger partial charge in [0.25, 0.3) is 0 Å². The van der Waals surface area contributed by atoms with E-state index in [1.54, 1.807) is 7.11 Å². The van der Waals surface area contributed by atoms with Gasteiger partial charge in [0.15, 0.2) is 0 Å². The molecule has 1 aliphatic rings. The van der Waals surface area contributed by atoms with Gasteiger partial charge in [-0.3, -0.25) is 9.88 Å². The van der Waals surface area contributed by atoms with Crippen LogP contribution >= 0.6 is 0 Å². The number of aromatic nitrogens is 3. The minimum Gasteiger partial charge on any atom is -0.497 e. The Morgan fingerprint density at radius 2 is 1.91 bits per heavy atom. The van der Waals surface area contributed by atoms with Crippen LogP contribution in [-0.2, 0) is 17.7 Å². The summed E-state index contributed by atoms with van der Waals surface area (Å²) < 4.78 is 11.5. The smallest absolute Gasteiger partial charge is 0.224 e. The minimum atomic E-state index is -0.0466. The number of hydrogen-bond donors (Lipinski definition) is 0. The normalized spacial score (nSPS) is 16.7. The minimum absolute atomic E-state index is 0.0466. The first-order valence-corrected chi connectivity index (χ1v) is 10.9. The lowest BCUT2D eigenvalue weighted by Gasteiger charge is -2.32. The van der Waals surface area contributed by atoms with Gasteiger partial charge >= 0.3 is 0 Å². The molecule has 1 aromatic carbocycles. The highest BCUT2D eigenvalue weighted by Gasteiger charge is 2.24. The fourth-order valence-electron chi connectivity index (χ4n) is 4.00. The summed E-state index contributed by atoms with van der Waals surface area (Å²) in [7, 11) is 5.58. The Labute approximate surface area is 190 Å². The number of methoxy groups -OCH3 is 1. The fraction of sp³-hybridized carbons (Fsp3) is 0.400. The van der Waals surface area contributed by atoms with E-state index in [4.69, 9.17) is 14.5 Å². The maximum absolute atomic E-state index is 6.12. The van der Waals surface area contributed by atoms with E-state index in [0.29, 0.717) is 6.61 Å². The molecule has 3 heterocycles. The molecular formula is C25H31N5O2. The molecule has 0 unspecified atom stereocenters. The maximum Gasteiger partial charge on any atom is 0.224 e. The van der Waals surface area contributed by atoms with Crippen LogP contribution in [0.2, 0.25) is 0 Å². The zero-order valence-electron chi connectivity index (χ0n) is 19.3. The van der Waals surface area contributed by atoms with E-state index in [2.05, 4.69) is 39.1 Å². The first-order chi connectivity index (χ1) is 15.5. The van der Waals surface area contributed by atoms with Gasteiger partial charge in [0, 0.05) is 57.4 Å². The number of benzene rings is 1. The van der Waals surface area contributed by atoms with Crippen molar-refractivity contribution in [3.05, 3.63) is 76.9 Å². The van der Waals surface area contributed by atoms with Crippen LogP contribution in [0.1, 0.15) is 34.2 Å². The van der Waals surface area contributed by atoms with Crippen molar-refractivity contribution in [3.63, 3.8) is 0 Å². The molecule has 32 heavy (non-hydrogen) atoms. The Balaban J connectivity index is 1.45. The molecule has 1 saturated heterocycles. The summed E-state index contributed by atoms with van der Waals surface area (Å²) >= 11 is 0. The van der Waals surface area contributed by atoms with Crippen LogP contribution in [0.25, 0.3) is 0 Å². The molecule has 0 radical (unpaired) electrons. The lowest BCUT2D eigenvalue weighted by Crippen LogP contribution is -2.38. The van der Waals surface area contributed by atoms with Gasteiger partial charge in [0.05, 0.1) is 19.4 Å². The number of aryl methyl sites for hydroxylation is 1. The van der Waals surface area contributed by atoms with Gasteiger partial charge in [-0.25, -0.2) is 9.97 Å². The van der Waals surface area contributed by atoms with Crippen molar-refractivity contribution in [2.45, 2.75) is 26.0 Å². The second-order valence-electron chi connectivity index (χ2n) is 8.45. The molecule has 7 nitrogen and oxygen atoms in total. The maximum atomic E-state index is 6.12. The molecule has 0 N–H and O–H groups in total. The molecule has 0 saturated carbocycles. The fourth-order valence-corrected chi connectivity index (χ4v) is 4.00. The number of morpholine rings is 1. The van der Waals surface area contributed by atoms with Gasteiger partial charge < -0.3 is 14.4 Å². The first-order valence-electron chi connectivity index (χ1n) is 10.9. The Kier molecular flexibility index (Phi) is 6.97. The Morgan fingerprint density at radius 3 is 2.66 bits per heavy atom. The summed E-state index contributed by atoms with van der Waals surface area (Å²) in [6.07, 6.45) is 4.60. The van der Waals surface area contributed by atoms with Gasteiger partial charge in [-0.05, 0) is 48.7 Å². The molecule has 0 aliphatic carbocycles. The van der Waals surface area contributed by atoms with Crippen LogP contribution < -0.4 is 9.64 Å². The number of rotatable bonds is 7. The summed E-state index contributed by atoms with van der Waals surface area (Å²) in [4.78, 5) is 17.9. The highest BCUT2D eigenvalue weighted by molar-refractivity contribution is 5.34. The number of hydrogen-bond acceptors (Lipinski definition) is 7. The molecular weight excluding hydrogens is 402 g/mol. The first kappa shape index (κ1) is 22.2. The molecule has 0 amide bonds. The highest BCUT2D eigenvalue weighted by atomic mass is 16.5. The van der Waals surface area contributed by atoms with E-state index in [9.17, 15) is 0 Å². The van der Waals surface area contributed by atoms with Gasteiger partial charge in [-0.1, -0.05) is 12.1 Å². The average Bonchev–Trinajstić information content (AvgIpc) is 2.79. The van der Waals surface area contributed by atoms with Crippen LogP contribution in [0.5, 0.6) is 5.75 Å². The van der Waals surface area contributed by atoms with Crippen LogP contribution in [0, 0.1) is 6.92 Å². The van der Waals surface area contributed by atoms with Crippen molar-refractivity contribution in [2.75, 3.05) is 45.8 Å². The van der Waals surface area contributed by atoms with Gasteiger partial charge in [-0.2, -0.15) is 0 Å². The third-order valence-electron chi connectivity index (χ3n) is 5.55. The van der Waals surface area contributed by atoms with E-state index in [1.165, 1.54) is 11.1 Å².